The molecular weight excluding hydrogens is 256 g/mol. The molecule has 0 saturated carbocycles. The number of benzene rings is 1. The third kappa shape index (κ3) is 2.07. The predicted octanol–water partition coefficient (Wildman–Crippen LogP) is 1.57. The van der Waals surface area contributed by atoms with E-state index < -0.39 is 5.92 Å². The number of nitrogens with zero attached hydrogens (tertiary/aromatic N) is 1. The Bertz CT molecular complexity index is 724. The van der Waals surface area contributed by atoms with E-state index in [4.69, 9.17) is 0 Å². The molecule has 20 heavy (non-hydrogen) atoms. The first-order valence-electron chi connectivity index (χ1n) is 6.35. The highest BCUT2D eigenvalue weighted by molar-refractivity contribution is 6.03. The number of fused-ring (bicyclic) bond motifs is 1. The molecule has 1 atom stereocenters. The number of piperidine rings is 1. The number of aromatic nitrogens is 1. The first kappa shape index (κ1) is 12.5. The van der Waals surface area contributed by atoms with Crippen LogP contribution in [0.15, 0.2) is 30.6 Å². The Kier molecular flexibility index (Phi) is 3.02. The normalized spacial score (nSPS) is 18.9. The minimum absolute atomic E-state index is 0.243. The zero-order chi connectivity index (χ0) is 14.1. The van der Waals surface area contributed by atoms with Crippen molar-refractivity contribution in [2.75, 3.05) is 0 Å². The van der Waals surface area contributed by atoms with Crippen LogP contribution in [-0.2, 0) is 9.59 Å². The van der Waals surface area contributed by atoms with Crippen molar-refractivity contribution in [3.63, 3.8) is 0 Å². The summed E-state index contributed by atoms with van der Waals surface area (Å²) in [6.07, 6.45) is 4.89. The molecule has 5 heteroatoms. The number of nitrogens with one attached hydrogen (secondary N) is 1. The fourth-order valence-electron chi connectivity index (χ4n) is 2.55. The summed E-state index contributed by atoms with van der Waals surface area (Å²) < 4.78 is 0. The second-order valence-electron chi connectivity index (χ2n) is 4.83. The van der Waals surface area contributed by atoms with Crippen LogP contribution >= 0.6 is 0 Å². The molecule has 0 radical (unpaired) electrons. The zero-order valence-electron chi connectivity index (χ0n) is 10.6. The molecule has 1 saturated heterocycles. The molecule has 1 aromatic carbocycles. The molecule has 1 aromatic heterocycles. The number of amides is 2. The van der Waals surface area contributed by atoms with Crippen molar-refractivity contribution in [1.82, 2.24) is 10.3 Å². The van der Waals surface area contributed by atoms with Crippen LogP contribution in [0.3, 0.4) is 0 Å². The van der Waals surface area contributed by atoms with Crippen molar-refractivity contribution < 1.29 is 14.4 Å². The van der Waals surface area contributed by atoms with Gasteiger partial charge >= 0.3 is 0 Å². The smallest absolute Gasteiger partial charge is 0.234 e. The Morgan fingerprint density at radius 1 is 1.25 bits per heavy atom. The molecule has 2 heterocycles. The maximum atomic E-state index is 12.0. The molecule has 0 bridgehead atoms. The molecular formula is C15H12N2O3. The van der Waals surface area contributed by atoms with Crippen molar-refractivity contribution >= 4 is 28.9 Å². The molecule has 1 aliphatic heterocycles. The topological polar surface area (TPSA) is 76.1 Å². The molecule has 0 aliphatic carbocycles. The maximum absolute atomic E-state index is 12.0. The minimum atomic E-state index is -0.397. The van der Waals surface area contributed by atoms with Crippen molar-refractivity contribution in [2.24, 2.45) is 0 Å². The number of pyridine rings is 1. The van der Waals surface area contributed by atoms with Gasteiger partial charge in [-0.2, -0.15) is 0 Å². The maximum Gasteiger partial charge on any atom is 0.234 e. The second kappa shape index (κ2) is 4.85. The quantitative estimate of drug-likeness (QED) is 0.662. The number of rotatable bonds is 2. The zero-order valence-corrected chi connectivity index (χ0v) is 10.6. The second-order valence-corrected chi connectivity index (χ2v) is 4.83. The van der Waals surface area contributed by atoms with Gasteiger partial charge in [0, 0.05) is 29.8 Å². The lowest BCUT2D eigenvalue weighted by Gasteiger charge is -2.22. The summed E-state index contributed by atoms with van der Waals surface area (Å²) in [5, 5.41) is 4.05. The molecule has 3 rings (SSSR count). The van der Waals surface area contributed by atoms with Crippen LogP contribution in [0.4, 0.5) is 0 Å². The predicted molar refractivity (Wildman–Crippen MR) is 72.3 cm³/mol. The summed E-state index contributed by atoms with van der Waals surface area (Å²) in [6.45, 7) is 0. The SMILES string of the molecule is O=Cc1ccc2cncc(C3CCC(=O)NC3=O)c2c1. The van der Waals surface area contributed by atoms with Crippen LogP contribution in [0.1, 0.15) is 34.7 Å². The van der Waals surface area contributed by atoms with Crippen LogP contribution in [-0.4, -0.2) is 23.1 Å². The van der Waals surface area contributed by atoms with Gasteiger partial charge in [-0.15, -0.1) is 0 Å². The molecule has 2 aromatic rings. The van der Waals surface area contributed by atoms with Crippen LogP contribution in [0, 0.1) is 0 Å². The first-order chi connectivity index (χ1) is 9.69. The van der Waals surface area contributed by atoms with Gasteiger partial charge in [-0.1, -0.05) is 12.1 Å². The molecule has 100 valence electrons. The van der Waals surface area contributed by atoms with Crippen LogP contribution < -0.4 is 5.32 Å². The lowest BCUT2D eigenvalue weighted by molar-refractivity contribution is -0.134. The highest BCUT2D eigenvalue weighted by Gasteiger charge is 2.29. The van der Waals surface area contributed by atoms with Gasteiger partial charge in [0.1, 0.15) is 6.29 Å². The molecule has 1 aliphatic rings. The van der Waals surface area contributed by atoms with E-state index in [2.05, 4.69) is 10.3 Å². The highest BCUT2D eigenvalue weighted by atomic mass is 16.2. The number of imide groups is 1. The summed E-state index contributed by atoms with van der Waals surface area (Å²) >= 11 is 0. The van der Waals surface area contributed by atoms with E-state index in [1.54, 1.807) is 30.6 Å². The Labute approximate surface area is 115 Å². The van der Waals surface area contributed by atoms with E-state index >= 15 is 0 Å². The van der Waals surface area contributed by atoms with Crippen LogP contribution in [0.5, 0.6) is 0 Å². The van der Waals surface area contributed by atoms with E-state index in [1.807, 2.05) is 0 Å². The summed E-state index contributed by atoms with van der Waals surface area (Å²) in [7, 11) is 0. The lowest BCUT2D eigenvalue weighted by Crippen LogP contribution is -2.39. The Hall–Kier alpha value is -2.56. The number of hydrogen-bond acceptors (Lipinski definition) is 4. The van der Waals surface area contributed by atoms with Crippen molar-refractivity contribution in [3.8, 4) is 0 Å². The highest BCUT2D eigenvalue weighted by Crippen LogP contribution is 2.30. The largest absolute Gasteiger partial charge is 0.298 e. The van der Waals surface area contributed by atoms with Gasteiger partial charge in [0.15, 0.2) is 0 Å². The van der Waals surface area contributed by atoms with Gasteiger partial charge in [0.25, 0.3) is 0 Å². The van der Waals surface area contributed by atoms with Gasteiger partial charge < -0.3 is 0 Å². The molecule has 5 nitrogen and oxygen atoms in total. The molecule has 1 fully saturated rings. The molecule has 1 unspecified atom stereocenters. The number of aldehydes is 1. The molecule has 1 N–H and O–H groups in total. The lowest BCUT2D eigenvalue weighted by atomic mass is 9.88. The van der Waals surface area contributed by atoms with E-state index in [-0.39, 0.29) is 11.8 Å². The Morgan fingerprint density at radius 3 is 2.85 bits per heavy atom. The van der Waals surface area contributed by atoms with Crippen LogP contribution in [0.25, 0.3) is 10.8 Å². The van der Waals surface area contributed by atoms with E-state index in [9.17, 15) is 14.4 Å². The fourth-order valence-corrected chi connectivity index (χ4v) is 2.55. The van der Waals surface area contributed by atoms with Gasteiger partial charge in [0.2, 0.25) is 11.8 Å². The monoisotopic (exact) mass is 268 g/mol. The third-order valence-electron chi connectivity index (χ3n) is 3.57. The molecule has 2 amide bonds. The van der Waals surface area contributed by atoms with E-state index in [0.29, 0.717) is 18.4 Å². The number of carbonyl (C=O) groups excluding carboxylic acids is 3. The number of hydrogen-bond donors (Lipinski definition) is 1. The van der Waals surface area contributed by atoms with Crippen molar-refractivity contribution in [3.05, 3.63) is 41.7 Å². The average molecular weight is 268 g/mol. The minimum Gasteiger partial charge on any atom is -0.298 e. The van der Waals surface area contributed by atoms with Gasteiger partial charge in [0.05, 0.1) is 5.92 Å². The van der Waals surface area contributed by atoms with Gasteiger partial charge in [-0.05, 0) is 23.4 Å². The third-order valence-corrected chi connectivity index (χ3v) is 3.57. The summed E-state index contributed by atoms with van der Waals surface area (Å²) in [5.74, 6) is -0.939. The number of carbonyl (C=O) groups is 3. The van der Waals surface area contributed by atoms with Crippen molar-refractivity contribution in [1.29, 1.82) is 0 Å². The summed E-state index contributed by atoms with van der Waals surface area (Å²) in [5.41, 5.74) is 1.31. The summed E-state index contributed by atoms with van der Waals surface area (Å²) in [6, 6.07) is 5.27. The van der Waals surface area contributed by atoms with Gasteiger partial charge in [-0.25, -0.2) is 0 Å². The van der Waals surface area contributed by atoms with Crippen molar-refractivity contribution in [2.45, 2.75) is 18.8 Å². The van der Waals surface area contributed by atoms with E-state index in [1.165, 1.54) is 0 Å². The first-order valence-corrected chi connectivity index (χ1v) is 6.35. The standard InChI is InChI=1S/C15H12N2O3/c18-8-9-1-2-10-6-16-7-13(12(10)5-9)11-3-4-14(19)17-15(11)20/h1-2,5-8,11H,3-4H2,(H,17,19,20). The van der Waals surface area contributed by atoms with E-state index in [0.717, 1.165) is 22.6 Å². The average Bonchev–Trinajstić information content (AvgIpc) is 2.46. The van der Waals surface area contributed by atoms with Gasteiger partial charge in [-0.3, -0.25) is 24.7 Å². The molecule has 0 spiro atoms. The Balaban J connectivity index is 2.13. The Morgan fingerprint density at radius 2 is 2.10 bits per heavy atom. The summed E-state index contributed by atoms with van der Waals surface area (Å²) in [4.78, 5) is 38.2. The van der Waals surface area contributed by atoms with Crippen LogP contribution in [0.2, 0.25) is 0 Å². The fraction of sp³-hybridized carbons (Fsp3) is 0.200.